The normalized spacial score (nSPS) is 28.6. The fourth-order valence-electron chi connectivity index (χ4n) is 2.53. The molecule has 0 bridgehead atoms. The van der Waals surface area contributed by atoms with E-state index >= 15 is 0 Å². The molecular weight excluding hydrogens is 228 g/mol. The molecular formula is C14H30N2S. The molecule has 0 aromatic rings. The van der Waals surface area contributed by atoms with Crippen LogP contribution in [0.4, 0.5) is 0 Å². The summed E-state index contributed by atoms with van der Waals surface area (Å²) in [5.41, 5.74) is 0. The third kappa shape index (κ3) is 5.19. The van der Waals surface area contributed by atoms with Crippen LogP contribution >= 0.6 is 11.8 Å². The number of hydrogen-bond donors (Lipinski definition) is 1. The fourth-order valence-corrected chi connectivity index (χ4v) is 3.66. The molecule has 1 rings (SSSR count). The second-order valence-electron chi connectivity index (χ2n) is 5.65. The molecule has 1 aliphatic rings. The highest BCUT2D eigenvalue weighted by atomic mass is 32.2. The van der Waals surface area contributed by atoms with E-state index in [0.29, 0.717) is 6.04 Å². The van der Waals surface area contributed by atoms with Gasteiger partial charge >= 0.3 is 0 Å². The van der Waals surface area contributed by atoms with Gasteiger partial charge < -0.3 is 5.32 Å². The maximum atomic E-state index is 3.50. The van der Waals surface area contributed by atoms with E-state index in [1.165, 1.54) is 25.1 Å². The summed E-state index contributed by atoms with van der Waals surface area (Å²) >= 11 is 2.13. The van der Waals surface area contributed by atoms with E-state index in [9.17, 15) is 0 Å². The number of rotatable bonds is 6. The SMILES string of the molecule is CC(C)NCCCC(C)N1CCSC(C)C1C. The monoisotopic (exact) mass is 258 g/mol. The third-order valence-electron chi connectivity index (χ3n) is 3.85. The summed E-state index contributed by atoms with van der Waals surface area (Å²) in [5, 5.41) is 4.29. The summed E-state index contributed by atoms with van der Waals surface area (Å²) < 4.78 is 0. The van der Waals surface area contributed by atoms with Gasteiger partial charge in [0.15, 0.2) is 0 Å². The Bertz CT molecular complexity index is 208. The lowest BCUT2D eigenvalue weighted by atomic mass is 10.1. The van der Waals surface area contributed by atoms with Gasteiger partial charge in [0.1, 0.15) is 0 Å². The lowest BCUT2D eigenvalue weighted by molar-refractivity contribution is 0.148. The Labute approximate surface area is 112 Å². The van der Waals surface area contributed by atoms with E-state index in [1.807, 2.05) is 0 Å². The van der Waals surface area contributed by atoms with Gasteiger partial charge in [0.25, 0.3) is 0 Å². The standard InChI is InChI=1S/C14H30N2S/c1-11(2)15-8-6-7-12(3)16-9-10-17-14(5)13(16)4/h11-15H,6-10H2,1-5H3. The molecule has 0 spiro atoms. The summed E-state index contributed by atoms with van der Waals surface area (Å²) in [6.45, 7) is 14.0. The van der Waals surface area contributed by atoms with Crippen molar-refractivity contribution in [1.29, 1.82) is 0 Å². The minimum atomic E-state index is 0.621. The summed E-state index contributed by atoms with van der Waals surface area (Å²) in [6.07, 6.45) is 2.62. The van der Waals surface area contributed by atoms with Crippen LogP contribution in [0.15, 0.2) is 0 Å². The van der Waals surface area contributed by atoms with Gasteiger partial charge in [-0.15, -0.1) is 0 Å². The molecule has 1 aliphatic heterocycles. The van der Waals surface area contributed by atoms with Gasteiger partial charge in [-0.1, -0.05) is 20.8 Å². The van der Waals surface area contributed by atoms with Crippen LogP contribution in [0.5, 0.6) is 0 Å². The highest BCUT2D eigenvalue weighted by Gasteiger charge is 2.28. The maximum Gasteiger partial charge on any atom is 0.0186 e. The van der Waals surface area contributed by atoms with Crippen LogP contribution in [0.3, 0.4) is 0 Å². The Morgan fingerprint density at radius 3 is 2.65 bits per heavy atom. The van der Waals surface area contributed by atoms with Crippen molar-refractivity contribution in [2.75, 3.05) is 18.8 Å². The molecule has 102 valence electrons. The van der Waals surface area contributed by atoms with Crippen molar-refractivity contribution in [3.05, 3.63) is 0 Å². The van der Waals surface area contributed by atoms with E-state index in [-0.39, 0.29) is 0 Å². The van der Waals surface area contributed by atoms with Crippen molar-refractivity contribution in [2.45, 2.75) is 70.8 Å². The molecule has 3 unspecified atom stereocenters. The zero-order valence-corrected chi connectivity index (χ0v) is 13.0. The quantitative estimate of drug-likeness (QED) is 0.737. The van der Waals surface area contributed by atoms with E-state index in [4.69, 9.17) is 0 Å². The highest BCUT2D eigenvalue weighted by molar-refractivity contribution is 8.00. The lowest BCUT2D eigenvalue weighted by Gasteiger charge is -2.41. The molecule has 17 heavy (non-hydrogen) atoms. The lowest BCUT2D eigenvalue weighted by Crippen LogP contribution is -2.49. The molecule has 0 saturated carbocycles. The first-order chi connectivity index (χ1) is 8.02. The molecule has 0 aliphatic carbocycles. The van der Waals surface area contributed by atoms with Crippen LogP contribution in [0.25, 0.3) is 0 Å². The third-order valence-corrected chi connectivity index (χ3v) is 5.19. The van der Waals surface area contributed by atoms with Gasteiger partial charge in [-0.3, -0.25) is 4.90 Å². The average molecular weight is 258 g/mol. The molecule has 3 atom stereocenters. The molecule has 3 heteroatoms. The molecule has 0 aromatic heterocycles. The summed E-state index contributed by atoms with van der Waals surface area (Å²) in [6, 6.07) is 2.10. The largest absolute Gasteiger partial charge is 0.315 e. The molecule has 0 radical (unpaired) electrons. The van der Waals surface area contributed by atoms with Crippen molar-refractivity contribution in [2.24, 2.45) is 0 Å². The number of hydrogen-bond acceptors (Lipinski definition) is 3. The highest BCUT2D eigenvalue weighted by Crippen LogP contribution is 2.26. The van der Waals surface area contributed by atoms with Crippen molar-refractivity contribution in [1.82, 2.24) is 10.2 Å². The minimum absolute atomic E-state index is 0.621. The van der Waals surface area contributed by atoms with Gasteiger partial charge in [-0.25, -0.2) is 0 Å². The first kappa shape index (κ1) is 15.3. The molecule has 1 N–H and O–H groups in total. The predicted molar refractivity (Wildman–Crippen MR) is 79.9 cm³/mol. The van der Waals surface area contributed by atoms with Gasteiger partial charge in [0, 0.05) is 35.7 Å². The summed E-state index contributed by atoms with van der Waals surface area (Å²) in [5.74, 6) is 1.31. The second-order valence-corrected chi connectivity index (χ2v) is 7.14. The van der Waals surface area contributed by atoms with Crippen LogP contribution in [-0.4, -0.2) is 47.1 Å². The first-order valence-corrected chi connectivity index (χ1v) is 8.18. The van der Waals surface area contributed by atoms with Crippen LogP contribution in [0.1, 0.15) is 47.5 Å². The van der Waals surface area contributed by atoms with Gasteiger partial charge in [-0.05, 0) is 33.2 Å². The summed E-state index contributed by atoms with van der Waals surface area (Å²) in [4.78, 5) is 2.70. The van der Waals surface area contributed by atoms with Crippen molar-refractivity contribution in [3.63, 3.8) is 0 Å². The van der Waals surface area contributed by atoms with Crippen molar-refractivity contribution >= 4 is 11.8 Å². The second kappa shape index (κ2) is 7.65. The van der Waals surface area contributed by atoms with Crippen LogP contribution < -0.4 is 5.32 Å². The zero-order valence-electron chi connectivity index (χ0n) is 12.2. The van der Waals surface area contributed by atoms with E-state index < -0.39 is 0 Å². The van der Waals surface area contributed by atoms with E-state index in [0.717, 1.165) is 23.9 Å². The van der Waals surface area contributed by atoms with Crippen molar-refractivity contribution < 1.29 is 0 Å². The summed E-state index contributed by atoms with van der Waals surface area (Å²) in [7, 11) is 0. The molecule has 0 aromatic carbocycles. The molecule has 0 amide bonds. The van der Waals surface area contributed by atoms with Crippen molar-refractivity contribution in [3.8, 4) is 0 Å². The van der Waals surface area contributed by atoms with E-state index in [1.54, 1.807) is 0 Å². The number of nitrogens with one attached hydrogen (secondary N) is 1. The molecule has 1 saturated heterocycles. The zero-order chi connectivity index (χ0) is 12.8. The van der Waals surface area contributed by atoms with Crippen LogP contribution in [0.2, 0.25) is 0 Å². The topological polar surface area (TPSA) is 15.3 Å². The number of thioether (sulfide) groups is 1. The van der Waals surface area contributed by atoms with Crippen LogP contribution in [0, 0.1) is 0 Å². The first-order valence-electron chi connectivity index (χ1n) is 7.13. The van der Waals surface area contributed by atoms with Gasteiger partial charge in [0.05, 0.1) is 0 Å². The smallest absolute Gasteiger partial charge is 0.0186 e. The number of nitrogens with zero attached hydrogens (tertiary/aromatic N) is 1. The Morgan fingerprint density at radius 2 is 2.00 bits per heavy atom. The Balaban J connectivity index is 2.24. The predicted octanol–water partition coefficient (Wildman–Crippen LogP) is 2.98. The fraction of sp³-hybridized carbons (Fsp3) is 1.00. The molecule has 2 nitrogen and oxygen atoms in total. The maximum absolute atomic E-state index is 3.50. The van der Waals surface area contributed by atoms with Gasteiger partial charge in [0.2, 0.25) is 0 Å². The molecule has 1 heterocycles. The van der Waals surface area contributed by atoms with Gasteiger partial charge in [-0.2, -0.15) is 11.8 Å². The van der Waals surface area contributed by atoms with E-state index in [2.05, 4.69) is 56.6 Å². The molecule has 1 fully saturated rings. The van der Waals surface area contributed by atoms with Crippen LogP contribution in [-0.2, 0) is 0 Å². The average Bonchev–Trinajstić information content (AvgIpc) is 2.27. The Morgan fingerprint density at radius 1 is 1.29 bits per heavy atom. The Kier molecular flexibility index (Phi) is 6.90. The minimum Gasteiger partial charge on any atom is -0.315 e. The Hall–Kier alpha value is 0.270.